The van der Waals surface area contributed by atoms with Crippen molar-refractivity contribution in [2.45, 2.75) is 65.7 Å². The number of ketones is 2. The number of Topliss-reactive ketones (excluding diaryl/α,β-unsaturated/α-hetero) is 2. The molecule has 208 valence electrons. The van der Waals surface area contributed by atoms with E-state index in [2.05, 4.69) is 41.5 Å². The van der Waals surface area contributed by atoms with Gasteiger partial charge < -0.3 is 9.64 Å². The molecule has 0 N–H and O–H groups in total. The molecule has 0 spiro atoms. The summed E-state index contributed by atoms with van der Waals surface area (Å²) in [5.41, 5.74) is 3.63. The second kappa shape index (κ2) is 11.3. The Hall–Kier alpha value is -3.54. The Morgan fingerprint density at radius 1 is 0.821 bits per heavy atom. The molecule has 1 aliphatic rings. The van der Waals surface area contributed by atoms with Crippen LogP contribution in [0, 0.1) is 11.8 Å². The lowest BCUT2D eigenvalue weighted by Gasteiger charge is -2.25. The lowest BCUT2D eigenvalue weighted by molar-refractivity contribution is -0.152. The summed E-state index contributed by atoms with van der Waals surface area (Å²) >= 11 is 0. The zero-order valence-corrected chi connectivity index (χ0v) is 24.7. The number of ether oxygens (including phenoxy) is 1. The summed E-state index contributed by atoms with van der Waals surface area (Å²) in [6.07, 6.45) is -0.394. The number of allylic oxidation sites excluding steroid dienone is 1. The molecule has 0 saturated heterocycles. The molecule has 0 fully saturated rings. The highest BCUT2D eigenvalue weighted by molar-refractivity contribution is 6.37. The molecule has 0 saturated carbocycles. The van der Waals surface area contributed by atoms with Crippen molar-refractivity contribution in [2.75, 3.05) is 20.7 Å². The third-order valence-electron chi connectivity index (χ3n) is 7.21. The topological polar surface area (TPSA) is 80.8 Å². The first kappa shape index (κ1) is 30.0. The minimum Gasteiger partial charge on any atom is -0.465 e. The maximum Gasteiger partial charge on any atom is 0.317 e. The van der Waals surface area contributed by atoms with Crippen LogP contribution < -0.4 is 0 Å². The highest BCUT2D eigenvalue weighted by atomic mass is 16.5. The summed E-state index contributed by atoms with van der Waals surface area (Å²) in [5.74, 6) is -4.72. The van der Waals surface area contributed by atoms with Gasteiger partial charge in [-0.25, -0.2) is 0 Å². The molecule has 2 atom stereocenters. The van der Waals surface area contributed by atoms with Crippen molar-refractivity contribution in [3.63, 3.8) is 0 Å². The highest BCUT2D eigenvalue weighted by Crippen LogP contribution is 2.41. The quantitative estimate of drug-likeness (QED) is 0.370. The molecular weight excluding hydrogens is 490 g/mol. The van der Waals surface area contributed by atoms with Crippen LogP contribution in [0.2, 0.25) is 0 Å². The van der Waals surface area contributed by atoms with E-state index >= 15 is 0 Å². The number of carbonyl (C=O) groups excluding carboxylic acids is 4. The van der Waals surface area contributed by atoms with Gasteiger partial charge in [-0.05, 0) is 45.6 Å². The van der Waals surface area contributed by atoms with Crippen LogP contribution in [0.25, 0.3) is 11.1 Å². The molecule has 0 aromatic heterocycles. The van der Waals surface area contributed by atoms with Gasteiger partial charge in [0.05, 0.1) is 6.61 Å². The second-order valence-electron chi connectivity index (χ2n) is 12.4. The summed E-state index contributed by atoms with van der Waals surface area (Å²) in [5, 5.41) is 0. The standard InChI is InChI=1S/C33H41NO5/c1-10-39-31(38)24-19-25(35)28(30(37)34(8)9)26(20-11-15-22(16-12-20)32(2,3)4)27(29(24)36)21-13-17-23(18-14-21)33(5,6)7/h11-18,24,28H,10,19H2,1-9H3. The normalized spacial score (nSPS) is 18.6. The van der Waals surface area contributed by atoms with Gasteiger partial charge in [0.2, 0.25) is 5.91 Å². The summed E-state index contributed by atoms with van der Waals surface area (Å²) in [6, 6.07) is 15.2. The van der Waals surface area contributed by atoms with Crippen LogP contribution >= 0.6 is 0 Å². The number of benzene rings is 2. The number of rotatable bonds is 5. The Balaban J connectivity index is 2.41. The van der Waals surface area contributed by atoms with Crippen molar-refractivity contribution in [1.82, 2.24) is 4.90 Å². The first-order chi connectivity index (χ1) is 18.1. The molecule has 0 bridgehead atoms. The molecule has 6 nitrogen and oxygen atoms in total. The number of amides is 1. The van der Waals surface area contributed by atoms with Gasteiger partial charge in [0.1, 0.15) is 11.8 Å². The number of hydrogen-bond acceptors (Lipinski definition) is 5. The monoisotopic (exact) mass is 531 g/mol. The minimum absolute atomic E-state index is 0.0807. The lowest BCUT2D eigenvalue weighted by atomic mass is 9.80. The summed E-state index contributed by atoms with van der Waals surface area (Å²) in [7, 11) is 3.17. The molecule has 0 aliphatic heterocycles. The summed E-state index contributed by atoms with van der Waals surface area (Å²) < 4.78 is 5.21. The van der Waals surface area contributed by atoms with Crippen molar-refractivity contribution in [3.8, 4) is 0 Å². The molecule has 2 aromatic rings. The molecule has 2 aromatic carbocycles. The fraction of sp³-hybridized carbons (Fsp3) is 0.455. The van der Waals surface area contributed by atoms with Crippen LogP contribution in [0.4, 0.5) is 0 Å². The van der Waals surface area contributed by atoms with E-state index in [4.69, 9.17) is 4.74 Å². The zero-order chi connectivity index (χ0) is 29.3. The second-order valence-corrected chi connectivity index (χ2v) is 12.4. The third kappa shape index (κ3) is 6.38. The number of carbonyl (C=O) groups is 4. The van der Waals surface area contributed by atoms with E-state index < -0.39 is 41.7 Å². The van der Waals surface area contributed by atoms with Crippen molar-refractivity contribution in [2.24, 2.45) is 11.8 Å². The molecular formula is C33H41NO5. The predicted octanol–water partition coefficient (Wildman–Crippen LogP) is 5.62. The van der Waals surface area contributed by atoms with E-state index in [1.54, 1.807) is 21.0 Å². The van der Waals surface area contributed by atoms with E-state index in [1.807, 2.05) is 48.5 Å². The van der Waals surface area contributed by atoms with E-state index in [9.17, 15) is 19.2 Å². The van der Waals surface area contributed by atoms with E-state index in [0.29, 0.717) is 16.7 Å². The van der Waals surface area contributed by atoms with Gasteiger partial charge in [-0.2, -0.15) is 0 Å². The van der Waals surface area contributed by atoms with Gasteiger partial charge in [0.15, 0.2) is 11.6 Å². The van der Waals surface area contributed by atoms with Gasteiger partial charge in [0.25, 0.3) is 0 Å². The summed E-state index contributed by atoms with van der Waals surface area (Å²) in [6.45, 7) is 14.3. The van der Waals surface area contributed by atoms with Crippen LogP contribution in [0.5, 0.6) is 0 Å². The van der Waals surface area contributed by atoms with Gasteiger partial charge >= 0.3 is 5.97 Å². The molecule has 1 aliphatic carbocycles. The van der Waals surface area contributed by atoms with Crippen molar-refractivity contribution in [1.29, 1.82) is 0 Å². The van der Waals surface area contributed by atoms with Crippen molar-refractivity contribution in [3.05, 3.63) is 70.8 Å². The molecule has 0 radical (unpaired) electrons. The van der Waals surface area contributed by atoms with Crippen LogP contribution in [0.15, 0.2) is 48.5 Å². The van der Waals surface area contributed by atoms with Crippen LogP contribution in [-0.4, -0.2) is 49.0 Å². The Bertz CT molecular complexity index is 1290. The molecule has 0 heterocycles. The van der Waals surface area contributed by atoms with Crippen molar-refractivity contribution < 1.29 is 23.9 Å². The van der Waals surface area contributed by atoms with Crippen LogP contribution in [-0.2, 0) is 34.7 Å². The zero-order valence-electron chi connectivity index (χ0n) is 24.7. The molecule has 2 unspecified atom stereocenters. The van der Waals surface area contributed by atoms with Gasteiger partial charge in [-0.15, -0.1) is 0 Å². The van der Waals surface area contributed by atoms with Gasteiger partial charge in [-0.3, -0.25) is 19.2 Å². The highest BCUT2D eigenvalue weighted by Gasteiger charge is 2.45. The Kier molecular flexibility index (Phi) is 8.69. The first-order valence-electron chi connectivity index (χ1n) is 13.5. The maximum atomic E-state index is 14.2. The van der Waals surface area contributed by atoms with Crippen LogP contribution in [0.1, 0.15) is 77.1 Å². The van der Waals surface area contributed by atoms with E-state index in [0.717, 1.165) is 11.1 Å². The summed E-state index contributed by atoms with van der Waals surface area (Å²) in [4.78, 5) is 55.9. The predicted molar refractivity (Wildman–Crippen MR) is 154 cm³/mol. The Morgan fingerprint density at radius 3 is 1.69 bits per heavy atom. The average Bonchev–Trinajstić information content (AvgIpc) is 2.96. The molecule has 1 amide bonds. The van der Waals surface area contributed by atoms with Crippen molar-refractivity contribution >= 4 is 34.6 Å². The minimum atomic E-state index is -1.32. The van der Waals surface area contributed by atoms with Gasteiger partial charge in [-0.1, -0.05) is 90.1 Å². The Morgan fingerprint density at radius 2 is 1.28 bits per heavy atom. The molecule has 3 rings (SSSR count). The largest absolute Gasteiger partial charge is 0.465 e. The number of hydrogen-bond donors (Lipinski definition) is 0. The average molecular weight is 532 g/mol. The molecule has 6 heteroatoms. The lowest BCUT2D eigenvalue weighted by Crippen LogP contribution is -2.36. The number of esters is 1. The number of nitrogens with zero attached hydrogens (tertiary/aromatic N) is 1. The fourth-order valence-corrected chi connectivity index (χ4v) is 4.87. The van der Waals surface area contributed by atoms with E-state index in [-0.39, 0.29) is 23.0 Å². The SMILES string of the molecule is CCOC(=O)C1CC(=O)C(C(=O)N(C)C)C(c2ccc(C(C)(C)C)cc2)=C(c2ccc(C(C)(C)C)cc2)C1=O. The van der Waals surface area contributed by atoms with E-state index in [1.165, 1.54) is 4.90 Å². The van der Waals surface area contributed by atoms with Crippen LogP contribution in [0.3, 0.4) is 0 Å². The third-order valence-corrected chi connectivity index (χ3v) is 7.21. The first-order valence-corrected chi connectivity index (χ1v) is 13.5. The smallest absolute Gasteiger partial charge is 0.317 e. The Labute approximate surface area is 232 Å². The molecule has 39 heavy (non-hydrogen) atoms. The fourth-order valence-electron chi connectivity index (χ4n) is 4.87. The van der Waals surface area contributed by atoms with Gasteiger partial charge in [0, 0.05) is 26.1 Å². The maximum absolute atomic E-state index is 14.2.